The van der Waals surface area contributed by atoms with E-state index in [0.717, 1.165) is 26.2 Å². The van der Waals surface area contributed by atoms with E-state index in [-0.39, 0.29) is 0 Å². The number of ether oxygens (including phenoxy) is 1. The van der Waals surface area contributed by atoms with E-state index in [4.69, 9.17) is 4.74 Å². The van der Waals surface area contributed by atoms with Gasteiger partial charge in [-0.1, -0.05) is 6.92 Å². The van der Waals surface area contributed by atoms with E-state index in [9.17, 15) is 0 Å². The maximum Gasteiger partial charge on any atom is 0.0587 e. The molecule has 3 heteroatoms. The zero-order chi connectivity index (χ0) is 8.53. The van der Waals surface area contributed by atoms with Crippen molar-refractivity contribution >= 4 is 0 Å². The molecule has 0 aromatic carbocycles. The van der Waals surface area contributed by atoms with Crippen LogP contribution in [0.15, 0.2) is 0 Å². The molecular weight excluding hydrogens is 140 g/mol. The third kappa shape index (κ3) is 7.78. The second-order valence-corrected chi connectivity index (χ2v) is 2.66. The second-order valence-electron chi connectivity index (χ2n) is 2.66. The van der Waals surface area contributed by atoms with Crippen molar-refractivity contribution in [1.82, 2.24) is 10.6 Å². The zero-order valence-corrected chi connectivity index (χ0v) is 7.81. The lowest BCUT2D eigenvalue weighted by Crippen LogP contribution is -2.37. The smallest absolute Gasteiger partial charge is 0.0587 e. The predicted octanol–water partition coefficient (Wildman–Crippen LogP) is 0.220. The van der Waals surface area contributed by atoms with Crippen LogP contribution in [-0.4, -0.2) is 39.4 Å². The molecule has 0 rings (SSSR count). The summed E-state index contributed by atoms with van der Waals surface area (Å²) in [4.78, 5) is 0. The van der Waals surface area contributed by atoms with Crippen LogP contribution in [0.2, 0.25) is 0 Å². The topological polar surface area (TPSA) is 33.3 Å². The van der Waals surface area contributed by atoms with Crippen molar-refractivity contribution in [1.29, 1.82) is 0 Å². The van der Waals surface area contributed by atoms with E-state index in [1.54, 1.807) is 7.11 Å². The minimum absolute atomic E-state index is 0.532. The number of rotatable bonds is 7. The highest BCUT2D eigenvalue weighted by molar-refractivity contribution is 4.62. The molecule has 0 aromatic heterocycles. The molecule has 0 heterocycles. The van der Waals surface area contributed by atoms with Crippen LogP contribution in [0.5, 0.6) is 0 Å². The van der Waals surface area contributed by atoms with Crippen LogP contribution < -0.4 is 10.6 Å². The van der Waals surface area contributed by atoms with Gasteiger partial charge in [0.15, 0.2) is 0 Å². The Bertz CT molecular complexity index is 78.5. The standard InChI is InChI=1S/C8H20N2O/c1-4-9-7-8(2)10-5-6-11-3/h8-10H,4-7H2,1-3H3. The molecule has 0 aliphatic carbocycles. The summed E-state index contributed by atoms with van der Waals surface area (Å²) in [6.45, 7) is 8.07. The predicted molar refractivity (Wildman–Crippen MR) is 47.9 cm³/mol. The van der Waals surface area contributed by atoms with Gasteiger partial charge in [-0.05, 0) is 13.5 Å². The summed E-state index contributed by atoms with van der Waals surface area (Å²) >= 11 is 0. The van der Waals surface area contributed by atoms with Crippen LogP contribution >= 0.6 is 0 Å². The number of hydrogen-bond donors (Lipinski definition) is 2. The lowest BCUT2D eigenvalue weighted by molar-refractivity contribution is 0.196. The first-order valence-corrected chi connectivity index (χ1v) is 4.24. The maximum atomic E-state index is 4.91. The molecular formula is C8H20N2O. The van der Waals surface area contributed by atoms with E-state index < -0.39 is 0 Å². The highest BCUT2D eigenvalue weighted by atomic mass is 16.5. The van der Waals surface area contributed by atoms with Gasteiger partial charge in [0.2, 0.25) is 0 Å². The third-order valence-corrected chi connectivity index (χ3v) is 1.50. The van der Waals surface area contributed by atoms with Gasteiger partial charge in [0.1, 0.15) is 0 Å². The molecule has 0 aromatic rings. The van der Waals surface area contributed by atoms with Crippen LogP contribution in [0, 0.1) is 0 Å². The fraction of sp³-hybridized carbons (Fsp3) is 1.00. The first kappa shape index (κ1) is 10.9. The van der Waals surface area contributed by atoms with Gasteiger partial charge in [0, 0.05) is 26.2 Å². The molecule has 0 fully saturated rings. The number of likely N-dealkylation sites (N-methyl/N-ethyl adjacent to an activating group) is 1. The van der Waals surface area contributed by atoms with Gasteiger partial charge >= 0.3 is 0 Å². The van der Waals surface area contributed by atoms with Gasteiger partial charge in [-0.2, -0.15) is 0 Å². The van der Waals surface area contributed by atoms with Gasteiger partial charge in [-0.25, -0.2) is 0 Å². The van der Waals surface area contributed by atoms with Crippen molar-refractivity contribution < 1.29 is 4.74 Å². The Balaban J connectivity index is 3.02. The molecule has 0 aliphatic heterocycles. The van der Waals surface area contributed by atoms with Gasteiger partial charge in [-0.3, -0.25) is 0 Å². The van der Waals surface area contributed by atoms with E-state index in [1.165, 1.54) is 0 Å². The minimum Gasteiger partial charge on any atom is -0.383 e. The largest absolute Gasteiger partial charge is 0.383 e. The molecule has 0 aliphatic rings. The summed E-state index contributed by atoms with van der Waals surface area (Å²) in [5.74, 6) is 0. The Morgan fingerprint density at radius 2 is 2.18 bits per heavy atom. The van der Waals surface area contributed by atoms with E-state index >= 15 is 0 Å². The Labute approximate surface area is 69.5 Å². The van der Waals surface area contributed by atoms with Crippen LogP contribution in [0.25, 0.3) is 0 Å². The van der Waals surface area contributed by atoms with E-state index in [1.807, 2.05) is 0 Å². The molecule has 1 unspecified atom stereocenters. The molecule has 0 amide bonds. The minimum atomic E-state index is 0.532. The average Bonchev–Trinajstić information content (AvgIpc) is 2.01. The van der Waals surface area contributed by atoms with Crippen LogP contribution in [0.3, 0.4) is 0 Å². The van der Waals surface area contributed by atoms with E-state index in [0.29, 0.717) is 6.04 Å². The Morgan fingerprint density at radius 3 is 2.73 bits per heavy atom. The monoisotopic (exact) mass is 160 g/mol. The Kier molecular flexibility index (Phi) is 7.89. The first-order chi connectivity index (χ1) is 5.31. The van der Waals surface area contributed by atoms with Crippen molar-refractivity contribution in [2.75, 3.05) is 33.4 Å². The molecule has 0 spiro atoms. The van der Waals surface area contributed by atoms with Gasteiger partial charge in [0.05, 0.1) is 6.61 Å². The van der Waals surface area contributed by atoms with E-state index in [2.05, 4.69) is 24.5 Å². The summed E-state index contributed by atoms with van der Waals surface area (Å²) < 4.78 is 4.91. The van der Waals surface area contributed by atoms with Crippen molar-refractivity contribution in [3.05, 3.63) is 0 Å². The molecule has 68 valence electrons. The summed E-state index contributed by atoms with van der Waals surface area (Å²) in [5, 5.41) is 6.60. The summed E-state index contributed by atoms with van der Waals surface area (Å²) in [6, 6.07) is 0.532. The first-order valence-electron chi connectivity index (χ1n) is 4.24. The third-order valence-electron chi connectivity index (χ3n) is 1.50. The van der Waals surface area contributed by atoms with Gasteiger partial charge in [-0.15, -0.1) is 0 Å². The number of nitrogens with one attached hydrogen (secondary N) is 2. The summed E-state index contributed by atoms with van der Waals surface area (Å²) in [6.07, 6.45) is 0. The summed E-state index contributed by atoms with van der Waals surface area (Å²) in [7, 11) is 1.72. The lowest BCUT2D eigenvalue weighted by atomic mass is 10.3. The molecule has 1 atom stereocenters. The van der Waals surface area contributed by atoms with Crippen LogP contribution in [0.4, 0.5) is 0 Å². The van der Waals surface area contributed by atoms with Crippen molar-refractivity contribution in [2.24, 2.45) is 0 Å². The highest BCUT2D eigenvalue weighted by Gasteiger charge is 1.97. The van der Waals surface area contributed by atoms with Gasteiger partial charge in [0.25, 0.3) is 0 Å². The zero-order valence-electron chi connectivity index (χ0n) is 7.81. The lowest BCUT2D eigenvalue weighted by Gasteiger charge is -2.13. The fourth-order valence-corrected chi connectivity index (χ4v) is 0.840. The second kappa shape index (κ2) is 7.98. The van der Waals surface area contributed by atoms with Gasteiger partial charge < -0.3 is 15.4 Å². The molecule has 3 nitrogen and oxygen atoms in total. The van der Waals surface area contributed by atoms with Crippen LogP contribution in [-0.2, 0) is 4.74 Å². The van der Waals surface area contributed by atoms with Crippen LogP contribution in [0.1, 0.15) is 13.8 Å². The molecule has 11 heavy (non-hydrogen) atoms. The quantitative estimate of drug-likeness (QED) is 0.523. The van der Waals surface area contributed by atoms with Crippen molar-refractivity contribution in [3.8, 4) is 0 Å². The highest BCUT2D eigenvalue weighted by Crippen LogP contribution is 1.77. The van der Waals surface area contributed by atoms with Crippen molar-refractivity contribution in [2.45, 2.75) is 19.9 Å². The maximum absolute atomic E-state index is 4.91. The average molecular weight is 160 g/mol. The fourth-order valence-electron chi connectivity index (χ4n) is 0.840. The Morgan fingerprint density at radius 1 is 1.45 bits per heavy atom. The molecule has 0 saturated carbocycles. The molecule has 0 bridgehead atoms. The molecule has 2 N–H and O–H groups in total. The Hall–Kier alpha value is -0.120. The van der Waals surface area contributed by atoms with Crippen molar-refractivity contribution in [3.63, 3.8) is 0 Å². The summed E-state index contributed by atoms with van der Waals surface area (Å²) in [5.41, 5.74) is 0. The molecule has 0 saturated heterocycles. The SMILES string of the molecule is CCNCC(C)NCCOC. The molecule has 0 radical (unpaired) electrons. The normalized spacial score (nSPS) is 13.4. The number of methoxy groups -OCH3 is 1. The number of hydrogen-bond acceptors (Lipinski definition) is 3.